The van der Waals surface area contributed by atoms with E-state index in [1.807, 2.05) is 6.92 Å². The van der Waals surface area contributed by atoms with Gasteiger partial charge in [0.1, 0.15) is 11.9 Å². The molecule has 1 amide bonds. The highest BCUT2D eigenvalue weighted by atomic mass is 19.1. The van der Waals surface area contributed by atoms with Crippen LogP contribution < -0.4 is 0 Å². The van der Waals surface area contributed by atoms with E-state index in [4.69, 9.17) is 9.84 Å². The molecule has 6 heteroatoms. The van der Waals surface area contributed by atoms with Gasteiger partial charge in [-0.3, -0.25) is 4.79 Å². The normalized spacial score (nSPS) is 21.2. The van der Waals surface area contributed by atoms with Gasteiger partial charge in [0, 0.05) is 13.1 Å². The number of aliphatic carboxylic acids is 1. The summed E-state index contributed by atoms with van der Waals surface area (Å²) in [5, 5.41) is 8.88. The van der Waals surface area contributed by atoms with Crippen molar-refractivity contribution in [1.82, 2.24) is 4.90 Å². The third-order valence-corrected chi connectivity index (χ3v) is 3.53. The van der Waals surface area contributed by atoms with Crippen LogP contribution in [0.5, 0.6) is 0 Å². The lowest BCUT2D eigenvalue weighted by atomic mass is 10.1. The molecule has 2 atom stereocenters. The highest BCUT2D eigenvalue weighted by molar-refractivity contribution is 5.82. The Morgan fingerprint density at radius 3 is 2.67 bits per heavy atom. The molecule has 0 aliphatic carbocycles. The lowest BCUT2D eigenvalue weighted by Gasteiger charge is -2.24. The predicted molar refractivity (Wildman–Crippen MR) is 73.0 cm³/mol. The number of rotatable bonds is 5. The molecule has 0 spiro atoms. The van der Waals surface area contributed by atoms with Crippen molar-refractivity contribution in [1.29, 1.82) is 0 Å². The molecule has 21 heavy (non-hydrogen) atoms. The van der Waals surface area contributed by atoms with Crippen molar-refractivity contribution in [2.45, 2.75) is 38.5 Å². The fraction of sp³-hybridized carbons (Fsp3) is 0.467. The van der Waals surface area contributed by atoms with Gasteiger partial charge in [-0.05, 0) is 37.5 Å². The summed E-state index contributed by atoms with van der Waals surface area (Å²) >= 11 is 0. The molecule has 0 radical (unpaired) electrons. The molecule has 0 unspecified atom stereocenters. The van der Waals surface area contributed by atoms with E-state index < -0.39 is 18.2 Å². The summed E-state index contributed by atoms with van der Waals surface area (Å²) in [5.41, 5.74) is 0.693. The first-order chi connectivity index (χ1) is 10.0. The van der Waals surface area contributed by atoms with Crippen LogP contribution >= 0.6 is 0 Å². The van der Waals surface area contributed by atoms with Crippen molar-refractivity contribution in [2.75, 3.05) is 6.54 Å². The van der Waals surface area contributed by atoms with Crippen molar-refractivity contribution in [3.05, 3.63) is 35.6 Å². The zero-order chi connectivity index (χ0) is 15.4. The maximum absolute atomic E-state index is 13.2. The molecule has 1 N–H and O–H groups in total. The fourth-order valence-electron chi connectivity index (χ4n) is 2.41. The van der Waals surface area contributed by atoms with Crippen molar-refractivity contribution in [3.63, 3.8) is 0 Å². The Labute approximate surface area is 122 Å². The van der Waals surface area contributed by atoms with Crippen molar-refractivity contribution in [2.24, 2.45) is 0 Å². The van der Waals surface area contributed by atoms with Gasteiger partial charge in [0.05, 0.1) is 0 Å². The van der Waals surface area contributed by atoms with Crippen molar-refractivity contribution < 1.29 is 23.8 Å². The second-order valence-corrected chi connectivity index (χ2v) is 5.01. The molecule has 114 valence electrons. The Morgan fingerprint density at radius 2 is 2.10 bits per heavy atom. The number of carbonyl (C=O) groups is 2. The average Bonchev–Trinajstić information content (AvgIpc) is 2.94. The summed E-state index contributed by atoms with van der Waals surface area (Å²) in [6.07, 6.45) is -0.898. The smallest absolute Gasteiger partial charge is 0.332 e. The molecule has 0 saturated carbocycles. The zero-order valence-corrected chi connectivity index (χ0v) is 11.8. The van der Waals surface area contributed by atoms with Crippen LogP contribution in [0.25, 0.3) is 0 Å². The molecular weight excluding hydrogens is 277 g/mol. The van der Waals surface area contributed by atoms with E-state index in [0.717, 1.165) is 0 Å². The Hall–Kier alpha value is -1.95. The highest BCUT2D eigenvalue weighted by Crippen LogP contribution is 2.22. The highest BCUT2D eigenvalue weighted by Gasteiger charge is 2.36. The number of hydrogen-bond acceptors (Lipinski definition) is 3. The number of hydrogen-bond donors (Lipinski definition) is 1. The molecular formula is C15H18FNO4. The maximum atomic E-state index is 13.2. The Balaban J connectivity index is 2.01. The molecule has 1 aromatic carbocycles. The summed E-state index contributed by atoms with van der Waals surface area (Å²) in [6.45, 7) is 2.55. The number of carboxylic acids is 1. The van der Waals surface area contributed by atoms with Gasteiger partial charge in [-0.1, -0.05) is 12.1 Å². The minimum absolute atomic E-state index is 0.245. The number of likely N-dealkylation sites (N-methyl/N-ethyl adjacent to an activating group) is 1. The van der Waals surface area contributed by atoms with E-state index >= 15 is 0 Å². The van der Waals surface area contributed by atoms with Gasteiger partial charge in [-0.2, -0.15) is 0 Å². The van der Waals surface area contributed by atoms with Crippen LogP contribution in [-0.4, -0.2) is 40.6 Å². The molecule has 1 fully saturated rings. The number of benzene rings is 1. The Bertz CT molecular complexity index is 534. The first-order valence-corrected chi connectivity index (χ1v) is 6.92. The summed E-state index contributed by atoms with van der Waals surface area (Å²) in [6, 6.07) is 6.06. The third kappa shape index (κ3) is 3.78. The van der Waals surface area contributed by atoms with Gasteiger partial charge in [-0.25, -0.2) is 9.18 Å². The van der Waals surface area contributed by atoms with Gasteiger partial charge < -0.3 is 14.7 Å². The first-order valence-electron chi connectivity index (χ1n) is 6.92. The molecule has 1 aliphatic heterocycles. The second-order valence-electron chi connectivity index (χ2n) is 5.01. The van der Waals surface area contributed by atoms with Gasteiger partial charge in [0.15, 0.2) is 6.10 Å². The van der Waals surface area contributed by atoms with E-state index in [-0.39, 0.29) is 18.3 Å². The number of halogens is 1. The summed E-state index contributed by atoms with van der Waals surface area (Å²) in [7, 11) is 0. The SMILES string of the molecule is CCN(Cc1cccc(F)c1)C(=O)[C@@H]1CC[C@H](C(=O)O)O1. The van der Waals surface area contributed by atoms with Gasteiger partial charge in [-0.15, -0.1) is 0 Å². The Morgan fingerprint density at radius 1 is 1.38 bits per heavy atom. The van der Waals surface area contributed by atoms with Gasteiger partial charge in [0.25, 0.3) is 5.91 Å². The van der Waals surface area contributed by atoms with E-state index in [1.165, 1.54) is 12.1 Å². The van der Waals surface area contributed by atoms with Crippen LogP contribution in [0.4, 0.5) is 4.39 Å². The van der Waals surface area contributed by atoms with Crippen molar-refractivity contribution in [3.8, 4) is 0 Å². The third-order valence-electron chi connectivity index (χ3n) is 3.53. The monoisotopic (exact) mass is 295 g/mol. The Kier molecular flexibility index (Phi) is 4.90. The molecule has 1 aromatic rings. The molecule has 2 rings (SSSR count). The summed E-state index contributed by atoms with van der Waals surface area (Å²) in [4.78, 5) is 24.7. The topological polar surface area (TPSA) is 66.8 Å². The first kappa shape index (κ1) is 15.4. The molecule has 5 nitrogen and oxygen atoms in total. The molecule has 0 aromatic heterocycles. The van der Waals surface area contributed by atoms with Crippen molar-refractivity contribution >= 4 is 11.9 Å². The molecule has 0 bridgehead atoms. The lowest BCUT2D eigenvalue weighted by Crippen LogP contribution is -2.39. The largest absolute Gasteiger partial charge is 0.479 e. The number of amides is 1. The molecule has 1 heterocycles. The van der Waals surface area contributed by atoms with E-state index in [0.29, 0.717) is 24.9 Å². The van der Waals surface area contributed by atoms with E-state index in [2.05, 4.69) is 0 Å². The zero-order valence-electron chi connectivity index (χ0n) is 11.8. The van der Waals surface area contributed by atoms with Crippen LogP contribution in [0.2, 0.25) is 0 Å². The van der Waals surface area contributed by atoms with Crippen LogP contribution in [0.3, 0.4) is 0 Å². The maximum Gasteiger partial charge on any atom is 0.332 e. The van der Waals surface area contributed by atoms with Gasteiger partial charge >= 0.3 is 5.97 Å². The molecule has 1 aliphatic rings. The van der Waals surface area contributed by atoms with Crippen LogP contribution in [0.1, 0.15) is 25.3 Å². The second kappa shape index (κ2) is 6.67. The summed E-state index contributed by atoms with van der Waals surface area (Å²) < 4.78 is 18.4. The minimum atomic E-state index is -1.04. The van der Waals surface area contributed by atoms with E-state index in [9.17, 15) is 14.0 Å². The average molecular weight is 295 g/mol. The number of carbonyl (C=O) groups excluding carboxylic acids is 1. The summed E-state index contributed by atoms with van der Waals surface area (Å²) in [5.74, 6) is -1.64. The standard InChI is InChI=1S/C15H18FNO4/c1-2-17(9-10-4-3-5-11(16)8-10)14(18)12-6-7-13(21-12)15(19)20/h3-5,8,12-13H,2,6-7,9H2,1H3,(H,19,20)/t12-,13+/m0/s1. The lowest BCUT2D eigenvalue weighted by molar-refractivity contribution is -0.155. The van der Waals surface area contributed by atoms with Gasteiger partial charge in [0.2, 0.25) is 0 Å². The van der Waals surface area contributed by atoms with Crippen LogP contribution in [-0.2, 0) is 20.9 Å². The van der Waals surface area contributed by atoms with E-state index in [1.54, 1.807) is 17.0 Å². The van der Waals surface area contributed by atoms with Crippen LogP contribution in [0.15, 0.2) is 24.3 Å². The number of carboxylic acid groups (broad SMARTS) is 1. The number of ether oxygens (including phenoxy) is 1. The fourth-order valence-corrected chi connectivity index (χ4v) is 2.41. The number of nitrogens with zero attached hydrogens (tertiary/aromatic N) is 1. The predicted octanol–water partition coefficient (Wildman–Crippen LogP) is 1.81. The molecule has 1 saturated heterocycles. The van der Waals surface area contributed by atoms with Crippen LogP contribution in [0, 0.1) is 5.82 Å². The quantitative estimate of drug-likeness (QED) is 0.899. The minimum Gasteiger partial charge on any atom is -0.479 e.